The molecule has 3 rings (SSSR count). The van der Waals surface area contributed by atoms with Gasteiger partial charge in [0.15, 0.2) is 0 Å². The number of anilines is 1. The van der Waals surface area contributed by atoms with Crippen LogP contribution < -0.4 is 5.32 Å². The first-order valence-electron chi connectivity index (χ1n) is 12.1. The summed E-state index contributed by atoms with van der Waals surface area (Å²) in [7, 11) is 0. The Balaban J connectivity index is 1.77. The topological polar surface area (TPSA) is 52.7 Å². The predicted octanol–water partition coefficient (Wildman–Crippen LogP) is 7.18. The van der Waals surface area contributed by atoms with Crippen LogP contribution >= 0.6 is 11.3 Å². The second-order valence-electron chi connectivity index (χ2n) is 9.15. The Morgan fingerprint density at radius 3 is 2.19 bits per heavy atom. The third-order valence-electron chi connectivity index (χ3n) is 6.02. The van der Waals surface area contributed by atoms with Crippen LogP contribution in [0.25, 0.3) is 0 Å². The van der Waals surface area contributed by atoms with E-state index in [-0.39, 0.29) is 24.1 Å². The summed E-state index contributed by atoms with van der Waals surface area (Å²) in [5.74, 6) is -0.0746. The van der Waals surface area contributed by atoms with Crippen molar-refractivity contribution in [2.75, 3.05) is 18.4 Å². The number of hydrogen-bond donors (Lipinski definition) is 1. The van der Waals surface area contributed by atoms with E-state index in [9.17, 15) is 22.8 Å². The molecule has 0 spiro atoms. The van der Waals surface area contributed by atoms with Gasteiger partial charge in [0.05, 0.1) is 12.1 Å². The van der Waals surface area contributed by atoms with E-state index in [0.717, 1.165) is 33.9 Å². The van der Waals surface area contributed by atoms with Gasteiger partial charge in [-0.25, -0.2) is 4.79 Å². The number of aryl methyl sites for hydroxylation is 1. The van der Waals surface area contributed by atoms with E-state index < -0.39 is 17.8 Å². The lowest BCUT2D eigenvalue weighted by atomic mass is 10.1. The molecule has 5 nitrogen and oxygen atoms in total. The highest BCUT2D eigenvalue weighted by molar-refractivity contribution is 7.11. The van der Waals surface area contributed by atoms with Crippen LogP contribution in [0.1, 0.15) is 41.1 Å². The molecular weight excluding hydrogens is 499 g/mol. The summed E-state index contributed by atoms with van der Waals surface area (Å²) in [5, 5.41) is 2.65. The first kappa shape index (κ1) is 28.2. The zero-order valence-electron chi connectivity index (χ0n) is 21.2. The fourth-order valence-corrected chi connectivity index (χ4v) is 4.63. The van der Waals surface area contributed by atoms with Gasteiger partial charge in [-0.1, -0.05) is 50.6 Å². The van der Waals surface area contributed by atoms with Crippen LogP contribution in [0, 0.1) is 12.8 Å². The molecule has 1 unspecified atom stereocenters. The normalized spacial score (nSPS) is 12.2. The highest BCUT2D eigenvalue weighted by Crippen LogP contribution is 2.30. The lowest BCUT2D eigenvalue weighted by Gasteiger charge is -2.29. The van der Waals surface area contributed by atoms with Gasteiger partial charge in [0.25, 0.3) is 0 Å². The summed E-state index contributed by atoms with van der Waals surface area (Å²) >= 11 is 1.62. The smallest absolute Gasteiger partial charge is 0.332 e. The van der Waals surface area contributed by atoms with Crippen molar-refractivity contribution >= 4 is 29.0 Å². The minimum Gasteiger partial charge on any atom is -0.332 e. The summed E-state index contributed by atoms with van der Waals surface area (Å²) < 4.78 is 38.7. The molecule has 9 heteroatoms. The third-order valence-corrected chi connectivity index (χ3v) is 7.00. The second kappa shape index (κ2) is 12.8. The molecule has 3 aromatic rings. The maximum Gasteiger partial charge on any atom is 0.416 e. The Hall–Kier alpha value is -3.33. The Labute approximate surface area is 219 Å². The zero-order valence-corrected chi connectivity index (χ0v) is 22.0. The lowest BCUT2D eigenvalue weighted by Crippen LogP contribution is -2.45. The highest BCUT2D eigenvalue weighted by atomic mass is 32.1. The van der Waals surface area contributed by atoms with E-state index in [2.05, 4.69) is 5.32 Å². The molecule has 198 valence electrons. The maximum absolute atomic E-state index is 13.5. The van der Waals surface area contributed by atoms with E-state index in [1.165, 1.54) is 17.0 Å². The van der Waals surface area contributed by atoms with Crippen molar-refractivity contribution in [1.82, 2.24) is 9.80 Å². The van der Waals surface area contributed by atoms with E-state index in [4.69, 9.17) is 0 Å². The van der Waals surface area contributed by atoms with Crippen LogP contribution in [0.15, 0.2) is 66.7 Å². The van der Waals surface area contributed by atoms with Crippen molar-refractivity contribution in [2.24, 2.45) is 5.92 Å². The monoisotopic (exact) mass is 531 g/mol. The summed E-state index contributed by atoms with van der Waals surface area (Å²) in [6, 6.07) is 17.4. The average molecular weight is 532 g/mol. The molecule has 2 aromatic carbocycles. The SMILES string of the molecule is CCC(C)CN(CC(=O)N(Cc1ccccc1)Cc1ccc(C)s1)C(=O)Nc1ccc(C(F)(F)F)cc1. The first-order valence-corrected chi connectivity index (χ1v) is 13.0. The molecule has 0 fully saturated rings. The molecule has 3 amide bonds. The zero-order chi connectivity index (χ0) is 27.0. The first-order chi connectivity index (χ1) is 17.5. The molecule has 0 aliphatic heterocycles. The van der Waals surface area contributed by atoms with Gasteiger partial charge in [-0.2, -0.15) is 13.2 Å². The largest absolute Gasteiger partial charge is 0.416 e. The molecule has 0 aliphatic carbocycles. The van der Waals surface area contributed by atoms with Crippen molar-refractivity contribution in [3.05, 3.63) is 87.6 Å². The van der Waals surface area contributed by atoms with Gasteiger partial charge >= 0.3 is 12.2 Å². The van der Waals surface area contributed by atoms with Gasteiger partial charge in [-0.05, 0) is 54.8 Å². The second-order valence-corrected chi connectivity index (χ2v) is 10.5. The Kier molecular flexibility index (Phi) is 9.74. The molecule has 0 aliphatic rings. The maximum atomic E-state index is 13.5. The Morgan fingerprint density at radius 1 is 0.946 bits per heavy atom. The van der Waals surface area contributed by atoms with Gasteiger partial charge in [-0.3, -0.25) is 4.79 Å². The van der Waals surface area contributed by atoms with Gasteiger partial charge in [-0.15, -0.1) is 11.3 Å². The van der Waals surface area contributed by atoms with Crippen molar-refractivity contribution in [3.63, 3.8) is 0 Å². The molecule has 0 radical (unpaired) electrons. The van der Waals surface area contributed by atoms with Crippen molar-refractivity contribution < 1.29 is 22.8 Å². The minimum atomic E-state index is -4.46. The van der Waals surface area contributed by atoms with Gasteiger partial charge in [0.1, 0.15) is 6.54 Å². The number of carbonyl (C=O) groups is 2. The fourth-order valence-electron chi connectivity index (χ4n) is 3.73. The van der Waals surface area contributed by atoms with E-state index in [1.54, 1.807) is 16.2 Å². The number of thiophene rings is 1. The number of rotatable bonds is 10. The van der Waals surface area contributed by atoms with Crippen LogP contribution in [0.5, 0.6) is 0 Å². The molecule has 1 aromatic heterocycles. The minimum absolute atomic E-state index is 0.133. The molecule has 1 N–H and O–H groups in total. The molecule has 0 bridgehead atoms. The summed E-state index contributed by atoms with van der Waals surface area (Å²) in [5.41, 5.74) is 0.416. The molecule has 37 heavy (non-hydrogen) atoms. The number of nitrogens with one attached hydrogen (secondary N) is 1. The average Bonchev–Trinajstić information content (AvgIpc) is 3.27. The Bertz CT molecular complexity index is 1160. The van der Waals surface area contributed by atoms with Gasteiger partial charge in [0, 0.05) is 28.5 Å². The van der Waals surface area contributed by atoms with E-state index in [1.807, 2.05) is 63.2 Å². The number of urea groups is 1. The van der Waals surface area contributed by atoms with Crippen LogP contribution in [-0.2, 0) is 24.1 Å². The number of hydrogen-bond acceptors (Lipinski definition) is 3. The van der Waals surface area contributed by atoms with Crippen LogP contribution in [-0.4, -0.2) is 34.8 Å². The lowest BCUT2D eigenvalue weighted by molar-refractivity contribution is -0.137. The van der Waals surface area contributed by atoms with Crippen molar-refractivity contribution in [3.8, 4) is 0 Å². The van der Waals surface area contributed by atoms with Crippen molar-refractivity contribution in [2.45, 2.75) is 46.5 Å². The fraction of sp³-hybridized carbons (Fsp3) is 0.357. The van der Waals surface area contributed by atoms with Crippen LogP contribution in [0.4, 0.5) is 23.7 Å². The summed E-state index contributed by atoms with van der Waals surface area (Å²) in [6.45, 7) is 7.01. The molecule has 0 saturated heterocycles. The molecule has 0 saturated carbocycles. The summed E-state index contributed by atoms with van der Waals surface area (Å²) in [4.78, 5) is 32.0. The number of alkyl halides is 3. The number of nitrogens with zero attached hydrogens (tertiary/aromatic N) is 2. The molecule has 1 heterocycles. The van der Waals surface area contributed by atoms with Gasteiger partial charge in [0.2, 0.25) is 5.91 Å². The van der Waals surface area contributed by atoms with Crippen LogP contribution in [0.2, 0.25) is 0 Å². The number of halogens is 3. The van der Waals surface area contributed by atoms with Gasteiger partial charge < -0.3 is 15.1 Å². The number of benzene rings is 2. The quantitative estimate of drug-likeness (QED) is 0.301. The predicted molar refractivity (Wildman–Crippen MR) is 141 cm³/mol. The third kappa shape index (κ3) is 8.63. The van der Waals surface area contributed by atoms with Crippen LogP contribution in [0.3, 0.4) is 0 Å². The van der Waals surface area contributed by atoms with E-state index in [0.29, 0.717) is 19.6 Å². The highest BCUT2D eigenvalue weighted by Gasteiger charge is 2.30. The molecule has 1 atom stereocenters. The molecular formula is C28H32F3N3O2S. The van der Waals surface area contributed by atoms with E-state index >= 15 is 0 Å². The summed E-state index contributed by atoms with van der Waals surface area (Å²) in [6.07, 6.45) is -3.65. The van der Waals surface area contributed by atoms with Crippen molar-refractivity contribution in [1.29, 1.82) is 0 Å². The standard InChI is InChI=1S/C28H32F3N3O2S/c1-4-20(2)16-34(27(36)32-24-13-11-23(12-14-24)28(29,30)31)19-26(35)33(17-22-8-6-5-7-9-22)18-25-15-10-21(3)37-25/h5-15,20H,4,16-19H2,1-3H3,(H,32,36). The Morgan fingerprint density at radius 2 is 1.62 bits per heavy atom. The number of carbonyl (C=O) groups excluding carboxylic acids is 2. The number of amides is 3.